The number of fused-ring (bicyclic) bond motifs is 1. The highest BCUT2D eigenvalue weighted by Gasteiger charge is 2.33. The number of imidazole rings is 1. The molecular formula is C18H15ClF2N4O2S. The molecule has 1 N–H and O–H groups in total. The zero-order chi connectivity index (χ0) is 20.0. The molecule has 2 aromatic heterocycles. The van der Waals surface area contributed by atoms with Crippen molar-refractivity contribution in [3.8, 4) is 0 Å². The number of halogens is 3. The van der Waals surface area contributed by atoms with Crippen LogP contribution in [0.15, 0.2) is 29.0 Å². The van der Waals surface area contributed by atoms with E-state index in [-0.39, 0.29) is 28.9 Å². The average Bonchev–Trinajstić information content (AvgIpc) is 3.35. The number of hydrogen-bond acceptors (Lipinski definition) is 4. The van der Waals surface area contributed by atoms with Crippen LogP contribution in [0, 0.1) is 16.4 Å². The van der Waals surface area contributed by atoms with Gasteiger partial charge in [0.25, 0.3) is 0 Å². The van der Waals surface area contributed by atoms with Gasteiger partial charge < -0.3 is 13.6 Å². The summed E-state index contributed by atoms with van der Waals surface area (Å²) in [6.07, 6.45) is 3.15. The van der Waals surface area contributed by atoms with E-state index in [4.69, 9.17) is 28.2 Å². The molecule has 1 amide bonds. The van der Waals surface area contributed by atoms with Gasteiger partial charge in [0.2, 0.25) is 5.91 Å². The van der Waals surface area contributed by atoms with E-state index in [1.165, 1.54) is 18.5 Å². The van der Waals surface area contributed by atoms with Crippen molar-refractivity contribution < 1.29 is 18.0 Å². The predicted octanol–water partition coefficient (Wildman–Crippen LogP) is 4.00. The summed E-state index contributed by atoms with van der Waals surface area (Å²) >= 11 is 11.3. The van der Waals surface area contributed by atoms with Crippen LogP contribution in [0.25, 0.3) is 0 Å². The Labute approximate surface area is 168 Å². The standard InChI is InChI=1S/C18H15ClF2N4O2S/c1-24-12(7-14(26)23-17-22-4-5-27-17)13-6-9(8-25(13)18(24)28)15-11(20)3-2-10(19)16(15)21/h2-5,9H,6-8H2,1H3,(H,22,23,26). The molecule has 1 unspecified atom stereocenters. The fourth-order valence-electron chi connectivity index (χ4n) is 3.63. The van der Waals surface area contributed by atoms with Gasteiger partial charge in [-0.05, 0) is 30.8 Å². The highest BCUT2D eigenvalue weighted by molar-refractivity contribution is 7.71. The molecule has 28 heavy (non-hydrogen) atoms. The normalized spacial score (nSPS) is 15.6. The Kier molecular flexibility index (Phi) is 4.80. The summed E-state index contributed by atoms with van der Waals surface area (Å²) in [4.78, 5) is 16.2. The van der Waals surface area contributed by atoms with E-state index in [1.807, 2.05) is 4.57 Å². The lowest BCUT2D eigenvalue weighted by atomic mass is 9.95. The van der Waals surface area contributed by atoms with Crippen molar-refractivity contribution in [1.82, 2.24) is 14.1 Å². The first-order valence-corrected chi connectivity index (χ1v) is 9.25. The molecule has 0 fully saturated rings. The van der Waals surface area contributed by atoms with Gasteiger partial charge in [-0.3, -0.25) is 10.1 Å². The molecule has 1 aliphatic heterocycles. The van der Waals surface area contributed by atoms with E-state index in [1.54, 1.807) is 11.6 Å². The Balaban J connectivity index is 1.63. The van der Waals surface area contributed by atoms with Crippen molar-refractivity contribution >= 4 is 35.7 Å². The molecule has 0 saturated heterocycles. The van der Waals surface area contributed by atoms with Crippen LogP contribution >= 0.6 is 23.8 Å². The van der Waals surface area contributed by atoms with Crippen LogP contribution in [-0.4, -0.2) is 20.0 Å². The largest absolute Gasteiger partial charge is 0.432 e. The molecular weight excluding hydrogens is 410 g/mol. The smallest absolute Gasteiger partial charge is 0.301 e. The number of oxazole rings is 1. The molecule has 3 heterocycles. The molecule has 1 atom stereocenters. The van der Waals surface area contributed by atoms with Crippen molar-refractivity contribution in [2.24, 2.45) is 7.05 Å². The molecule has 3 aromatic rings. The first-order chi connectivity index (χ1) is 13.4. The van der Waals surface area contributed by atoms with E-state index in [2.05, 4.69) is 10.3 Å². The Hall–Kier alpha value is -2.52. The highest BCUT2D eigenvalue weighted by Crippen LogP contribution is 2.37. The van der Waals surface area contributed by atoms with Crippen molar-refractivity contribution in [2.45, 2.75) is 25.3 Å². The Bertz CT molecular complexity index is 1120. The summed E-state index contributed by atoms with van der Waals surface area (Å²) in [6.45, 7) is 0.317. The number of nitrogens with zero attached hydrogens (tertiary/aromatic N) is 3. The molecule has 1 aromatic carbocycles. The second kappa shape index (κ2) is 7.14. The number of benzene rings is 1. The third-order valence-corrected chi connectivity index (χ3v) is 5.70. The number of amides is 1. The maximum atomic E-state index is 14.5. The van der Waals surface area contributed by atoms with E-state index in [0.29, 0.717) is 23.4 Å². The molecule has 6 nitrogen and oxygen atoms in total. The van der Waals surface area contributed by atoms with Crippen LogP contribution < -0.4 is 5.32 Å². The van der Waals surface area contributed by atoms with Crippen LogP contribution in [0.3, 0.4) is 0 Å². The zero-order valence-corrected chi connectivity index (χ0v) is 16.3. The van der Waals surface area contributed by atoms with Gasteiger partial charge in [-0.25, -0.2) is 13.8 Å². The number of nitrogens with one attached hydrogen (secondary N) is 1. The second-order valence-corrected chi connectivity index (χ2v) is 7.34. The number of aromatic nitrogens is 3. The third kappa shape index (κ3) is 3.14. The summed E-state index contributed by atoms with van der Waals surface area (Å²) in [5.41, 5.74) is 1.40. The summed E-state index contributed by atoms with van der Waals surface area (Å²) < 4.78 is 37.8. The van der Waals surface area contributed by atoms with Gasteiger partial charge in [0.1, 0.15) is 17.9 Å². The molecule has 0 bridgehead atoms. The van der Waals surface area contributed by atoms with Crippen molar-refractivity contribution in [3.63, 3.8) is 0 Å². The van der Waals surface area contributed by atoms with Gasteiger partial charge in [0, 0.05) is 36.5 Å². The first-order valence-electron chi connectivity index (χ1n) is 8.46. The summed E-state index contributed by atoms with van der Waals surface area (Å²) in [6, 6.07) is 2.46. The molecule has 146 valence electrons. The van der Waals surface area contributed by atoms with Gasteiger partial charge in [-0.15, -0.1) is 0 Å². The monoisotopic (exact) mass is 424 g/mol. The topological polar surface area (TPSA) is 65.0 Å². The molecule has 10 heteroatoms. The van der Waals surface area contributed by atoms with Crippen LogP contribution in [0.1, 0.15) is 22.9 Å². The van der Waals surface area contributed by atoms with Crippen LogP contribution in [0.4, 0.5) is 14.8 Å². The molecule has 0 aliphatic carbocycles. The van der Waals surface area contributed by atoms with Gasteiger partial charge >= 0.3 is 6.01 Å². The zero-order valence-electron chi connectivity index (χ0n) is 14.7. The molecule has 0 radical (unpaired) electrons. The Morgan fingerprint density at radius 3 is 2.96 bits per heavy atom. The first kappa shape index (κ1) is 18.8. The molecule has 1 aliphatic rings. The van der Waals surface area contributed by atoms with Gasteiger partial charge in [-0.1, -0.05) is 11.6 Å². The minimum absolute atomic E-state index is 0.0259. The number of hydrogen-bond donors (Lipinski definition) is 1. The van der Waals surface area contributed by atoms with Gasteiger partial charge in [0.05, 0.1) is 17.6 Å². The van der Waals surface area contributed by atoms with Crippen molar-refractivity contribution in [3.05, 3.63) is 63.0 Å². The Morgan fingerprint density at radius 2 is 2.25 bits per heavy atom. The molecule has 0 saturated carbocycles. The minimum atomic E-state index is -0.754. The lowest BCUT2D eigenvalue weighted by molar-refractivity contribution is -0.115. The van der Waals surface area contributed by atoms with Crippen molar-refractivity contribution in [1.29, 1.82) is 0 Å². The fraction of sp³-hybridized carbons (Fsp3) is 0.278. The maximum absolute atomic E-state index is 14.5. The summed E-state index contributed by atoms with van der Waals surface area (Å²) in [5.74, 6) is -2.18. The van der Waals surface area contributed by atoms with Crippen LogP contribution in [0.2, 0.25) is 5.02 Å². The number of anilines is 1. The van der Waals surface area contributed by atoms with Gasteiger partial charge in [0.15, 0.2) is 4.77 Å². The quantitative estimate of drug-likeness (QED) is 0.508. The molecule has 4 rings (SSSR count). The van der Waals surface area contributed by atoms with E-state index in [0.717, 1.165) is 11.8 Å². The van der Waals surface area contributed by atoms with Gasteiger partial charge in [-0.2, -0.15) is 0 Å². The lowest BCUT2D eigenvalue weighted by Gasteiger charge is -2.14. The second-order valence-electron chi connectivity index (χ2n) is 6.57. The van der Waals surface area contributed by atoms with Crippen LogP contribution in [-0.2, 0) is 31.2 Å². The SMILES string of the molecule is Cn1c(CC(=O)Nc2ncco2)c2n(c1=S)CC(c1c(F)ccc(Cl)c1F)C2. The molecule has 0 spiro atoms. The number of carbonyl (C=O) groups excluding carboxylic acids is 1. The van der Waals surface area contributed by atoms with Crippen molar-refractivity contribution in [2.75, 3.05) is 5.32 Å². The number of carbonyl (C=O) groups is 1. The highest BCUT2D eigenvalue weighted by atomic mass is 35.5. The maximum Gasteiger partial charge on any atom is 0.301 e. The lowest BCUT2D eigenvalue weighted by Crippen LogP contribution is -2.17. The minimum Gasteiger partial charge on any atom is -0.432 e. The third-order valence-electron chi connectivity index (χ3n) is 4.92. The summed E-state index contributed by atoms with van der Waals surface area (Å²) in [7, 11) is 1.76. The van der Waals surface area contributed by atoms with Crippen LogP contribution in [0.5, 0.6) is 0 Å². The average molecular weight is 425 g/mol. The van der Waals surface area contributed by atoms with E-state index >= 15 is 0 Å². The van der Waals surface area contributed by atoms with E-state index < -0.39 is 17.6 Å². The fourth-order valence-corrected chi connectivity index (χ4v) is 4.09. The summed E-state index contributed by atoms with van der Waals surface area (Å²) in [5, 5.41) is 2.43. The van der Waals surface area contributed by atoms with E-state index in [9.17, 15) is 13.6 Å². The predicted molar refractivity (Wildman–Crippen MR) is 101 cm³/mol. The number of rotatable bonds is 4. The Morgan fingerprint density at radius 1 is 1.46 bits per heavy atom.